The first-order chi connectivity index (χ1) is 16.2. The number of rotatable bonds is 8. The summed E-state index contributed by atoms with van der Waals surface area (Å²) in [5.41, 5.74) is 3.73. The third-order valence-corrected chi connectivity index (χ3v) is 5.64. The zero-order valence-electron chi connectivity index (χ0n) is 18.9. The predicted octanol–water partition coefficient (Wildman–Crippen LogP) is 0.526. The average molecular weight is 475 g/mol. The minimum atomic E-state index is -1.64. The number of aliphatic hydroxyl groups excluding tert-OH is 4. The van der Waals surface area contributed by atoms with E-state index in [0.29, 0.717) is 5.69 Å². The van der Waals surface area contributed by atoms with Gasteiger partial charge >= 0.3 is 0 Å². The monoisotopic (exact) mass is 474 g/mol. The fourth-order valence-corrected chi connectivity index (χ4v) is 3.76. The molecule has 1 heterocycles. The molecule has 1 saturated heterocycles. The van der Waals surface area contributed by atoms with Gasteiger partial charge in [0.1, 0.15) is 24.4 Å². The lowest BCUT2D eigenvalue weighted by molar-refractivity contribution is -0.311. The maximum absolute atomic E-state index is 12.9. The van der Waals surface area contributed by atoms with Crippen molar-refractivity contribution in [1.29, 1.82) is 0 Å². The van der Waals surface area contributed by atoms with Crippen molar-refractivity contribution in [3.63, 3.8) is 0 Å². The minimum Gasteiger partial charge on any atom is -0.394 e. The number of hydroxylamine groups is 1. The molecule has 34 heavy (non-hydrogen) atoms. The van der Waals surface area contributed by atoms with Crippen LogP contribution in [0.15, 0.2) is 54.6 Å². The highest BCUT2D eigenvalue weighted by Crippen LogP contribution is 2.26. The summed E-state index contributed by atoms with van der Waals surface area (Å²) >= 11 is 0. The van der Waals surface area contributed by atoms with E-state index in [-0.39, 0.29) is 23.3 Å². The van der Waals surface area contributed by atoms with Gasteiger partial charge in [-0.1, -0.05) is 44.2 Å². The van der Waals surface area contributed by atoms with Crippen LogP contribution >= 0.6 is 0 Å². The van der Waals surface area contributed by atoms with E-state index in [2.05, 4.69) is 10.8 Å². The summed E-state index contributed by atoms with van der Waals surface area (Å²) in [5.74, 6) is -1.09. The minimum absolute atomic E-state index is 0.0759. The third-order valence-electron chi connectivity index (χ3n) is 5.64. The number of hydrogen-bond donors (Lipinski definition) is 6. The Labute approximate surface area is 197 Å². The Kier molecular flexibility index (Phi) is 8.72. The van der Waals surface area contributed by atoms with E-state index in [1.807, 2.05) is 44.2 Å². The van der Waals surface area contributed by atoms with Gasteiger partial charge in [-0.05, 0) is 35.7 Å². The lowest BCUT2D eigenvalue weighted by Gasteiger charge is -2.39. The largest absolute Gasteiger partial charge is 0.394 e. The highest BCUT2D eigenvalue weighted by molar-refractivity contribution is 5.97. The van der Waals surface area contributed by atoms with Gasteiger partial charge in [0.15, 0.2) is 0 Å². The first-order valence-electron chi connectivity index (χ1n) is 10.9. The van der Waals surface area contributed by atoms with Crippen LogP contribution in [0.2, 0.25) is 0 Å². The Morgan fingerprint density at radius 2 is 1.62 bits per heavy atom. The van der Waals surface area contributed by atoms with Crippen LogP contribution in [0.25, 0.3) is 0 Å². The molecule has 1 aliphatic heterocycles. The molecule has 184 valence electrons. The molecule has 0 saturated carbocycles. The van der Waals surface area contributed by atoms with Crippen molar-refractivity contribution in [1.82, 2.24) is 5.48 Å². The van der Waals surface area contributed by atoms with Gasteiger partial charge in [0.05, 0.1) is 12.5 Å². The number of hydrogen-bond acceptors (Lipinski definition) is 8. The molecule has 1 fully saturated rings. The highest BCUT2D eigenvalue weighted by atomic mass is 16.8. The molecule has 0 bridgehead atoms. The van der Waals surface area contributed by atoms with Gasteiger partial charge < -0.3 is 30.5 Å². The lowest BCUT2D eigenvalue weighted by Crippen LogP contribution is -2.60. The average Bonchev–Trinajstić information content (AvgIpc) is 2.83. The normalized spacial score (nSPS) is 25.6. The standard InChI is InChI=1S/C24H30N2O8/c1-13(2)18(14-6-4-3-5-7-14)23(32)25-16-10-8-15(9-11-16)22(31)26-34-24-21(30)20(29)19(28)17(12-27)33-24/h3-11,13,17-21,24,27-30H,12H2,1-2H3,(H,25,32)(H,26,31)/t17?,18-,19-,20-,21+,24-/m0/s1. The molecule has 0 spiro atoms. The number of ether oxygens (including phenoxy) is 1. The van der Waals surface area contributed by atoms with Crippen LogP contribution in [0.4, 0.5) is 5.69 Å². The maximum Gasteiger partial charge on any atom is 0.274 e. The molecule has 2 amide bonds. The molecule has 2 aromatic carbocycles. The van der Waals surface area contributed by atoms with Gasteiger partial charge in [0.2, 0.25) is 12.2 Å². The molecule has 10 nitrogen and oxygen atoms in total. The number of amides is 2. The van der Waals surface area contributed by atoms with Gasteiger partial charge in [-0.2, -0.15) is 0 Å². The molecule has 6 atom stereocenters. The molecule has 2 aromatic rings. The zero-order valence-corrected chi connectivity index (χ0v) is 18.9. The molecule has 10 heteroatoms. The van der Waals surface area contributed by atoms with Gasteiger partial charge in [-0.25, -0.2) is 10.3 Å². The molecule has 0 radical (unpaired) electrons. The van der Waals surface area contributed by atoms with Gasteiger partial charge in [-0.15, -0.1) is 0 Å². The Hall–Kier alpha value is -2.86. The van der Waals surface area contributed by atoms with Crippen LogP contribution in [0.1, 0.15) is 35.7 Å². The zero-order chi connectivity index (χ0) is 24.8. The Morgan fingerprint density at radius 1 is 0.971 bits per heavy atom. The molecule has 6 N–H and O–H groups in total. The first kappa shape index (κ1) is 25.8. The van der Waals surface area contributed by atoms with E-state index >= 15 is 0 Å². The van der Waals surface area contributed by atoms with E-state index in [1.54, 1.807) is 12.1 Å². The second kappa shape index (κ2) is 11.5. The second-order valence-corrected chi connectivity index (χ2v) is 8.45. The highest BCUT2D eigenvalue weighted by Gasteiger charge is 2.44. The van der Waals surface area contributed by atoms with Crippen molar-refractivity contribution in [3.05, 3.63) is 65.7 Å². The van der Waals surface area contributed by atoms with Crippen LogP contribution in [0.3, 0.4) is 0 Å². The summed E-state index contributed by atoms with van der Waals surface area (Å²) < 4.78 is 5.16. The summed E-state index contributed by atoms with van der Waals surface area (Å²) in [4.78, 5) is 30.3. The van der Waals surface area contributed by atoms with Crippen LogP contribution in [-0.4, -0.2) is 69.6 Å². The summed E-state index contributed by atoms with van der Waals surface area (Å²) in [5, 5.41) is 41.6. The van der Waals surface area contributed by atoms with Crippen LogP contribution in [0.5, 0.6) is 0 Å². The molecular formula is C24H30N2O8. The van der Waals surface area contributed by atoms with Gasteiger partial charge in [-0.3, -0.25) is 9.59 Å². The predicted molar refractivity (Wildman–Crippen MR) is 121 cm³/mol. The Bertz CT molecular complexity index is 951. The van der Waals surface area contributed by atoms with Crippen molar-refractivity contribution >= 4 is 17.5 Å². The topological polar surface area (TPSA) is 158 Å². The second-order valence-electron chi connectivity index (χ2n) is 8.45. The third kappa shape index (κ3) is 5.98. The smallest absolute Gasteiger partial charge is 0.274 e. The van der Waals surface area contributed by atoms with E-state index < -0.39 is 43.2 Å². The SMILES string of the molecule is CC(C)[C@H](C(=O)Nc1ccc(C(=O)NO[C@@H]2OC(CO)[C@H](O)[C@H](O)[C@H]2O)cc1)c1ccccc1. The quantitative estimate of drug-likeness (QED) is 0.302. The molecular weight excluding hydrogens is 444 g/mol. The molecule has 1 aliphatic rings. The van der Waals surface area contributed by atoms with E-state index in [0.717, 1.165) is 5.56 Å². The maximum atomic E-state index is 12.9. The molecule has 3 rings (SSSR count). The van der Waals surface area contributed by atoms with E-state index in [4.69, 9.17) is 9.57 Å². The first-order valence-corrected chi connectivity index (χ1v) is 10.9. The number of carbonyl (C=O) groups excluding carboxylic acids is 2. The van der Waals surface area contributed by atoms with Crippen LogP contribution < -0.4 is 10.8 Å². The van der Waals surface area contributed by atoms with Crippen molar-refractivity contribution < 1.29 is 39.6 Å². The number of aliphatic hydroxyl groups is 4. The van der Waals surface area contributed by atoms with Gasteiger partial charge in [0, 0.05) is 11.3 Å². The summed E-state index contributed by atoms with van der Waals surface area (Å²) in [7, 11) is 0. The van der Waals surface area contributed by atoms with Gasteiger partial charge in [0.25, 0.3) is 5.91 Å². The number of anilines is 1. The summed E-state index contributed by atoms with van der Waals surface area (Å²) in [6.07, 6.45) is -7.45. The van der Waals surface area contributed by atoms with Crippen molar-refractivity contribution in [3.8, 4) is 0 Å². The number of carbonyl (C=O) groups is 2. The van der Waals surface area contributed by atoms with E-state index in [9.17, 15) is 30.0 Å². The fraction of sp³-hybridized carbons (Fsp3) is 0.417. The van der Waals surface area contributed by atoms with Crippen molar-refractivity contribution in [2.45, 2.75) is 50.5 Å². The summed E-state index contributed by atoms with van der Waals surface area (Å²) in [6, 6.07) is 15.6. The summed E-state index contributed by atoms with van der Waals surface area (Å²) in [6.45, 7) is 3.33. The molecule has 0 aromatic heterocycles. The molecule has 1 unspecified atom stereocenters. The van der Waals surface area contributed by atoms with Crippen molar-refractivity contribution in [2.24, 2.45) is 5.92 Å². The molecule has 0 aliphatic carbocycles. The lowest BCUT2D eigenvalue weighted by atomic mass is 9.87. The number of benzene rings is 2. The van der Waals surface area contributed by atoms with Crippen LogP contribution in [-0.2, 0) is 14.4 Å². The Morgan fingerprint density at radius 3 is 2.21 bits per heavy atom. The van der Waals surface area contributed by atoms with E-state index in [1.165, 1.54) is 12.1 Å². The fourth-order valence-electron chi connectivity index (χ4n) is 3.76. The van der Waals surface area contributed by atoms with Crippen molar-refractivity contribution in [2.75, 3.05) is 11.9 Å². The Balaban J connectivity index is 1.58. The van der Waals surface area contributed by atoms with Crippen LogP contribution in [0, 0.1) is 5.92 Å². The number of nitrogens with one attached hydrogen (secondary N) is 2.